The van der Waals surface area contributed by atoms with Crippen LogP contribution < -0.4 is 21.1 Å². The Balaban J connectivity index is 1.50. The number of hydrogen-bond acceptors (Lipinski definition) is 6. The Morgan fingerprint density at radius 2 is 2.03 bits per heavy atom. The molecule has 0 radical (unpaired) electrons. The summed E-state index contributed by atoms with van der Waals surface area (Å²) in [6, 6.07) is 11.7. The van der Waals surface area contributed by atoms with E-state index in [4.69, 9.17) is 15.9 Å². The summed E-state index contributed by atoms with van der Waals surface area (Å²) in [7, 11) is 1.53. The fourth-order valence-electron chi connectivity index (χ4n) is 4.46. The van der Waals surface area contributed by atoms with Gasteiger partial charge < -0.3 is 25.6 Å². The highest BCUT2D eigenvalue weighted by Crippen LogP contribution is 2.27. The average Bonchev–Trinajstić information content (AvgIpc) is 3.20. The summed E-state index contributed by atoms with van der Waals surface area (Å²) in [5, 5.41) is 14.0. The van der Waals surface area contributed by atoms with Crippen LogP contribution in [-0.4, -0.2) is 72.8 Å². The van der Waals surface area contributed by atoms with Crippen molar-refractivity contribution in [2.24, 2.45) is 11.7 Å². The monoisotopic (exact) mass is 502 g/mol. The van der Waals surface area contributed by atoms with Crippen LogP contribution in [0.15, 0.2) is 42.5 Å². The fourth-order valence-corrected chi connectivity index (χ4v) is 4.46. The number of amides is 4. The molecule has 4 rings (SSSR count). The number of hydrogen-bond donors (Lipinski definition) is 4. The van der Waals surface area contributed by atoms with Gasteiger partial charge in [0, 0.05) is 55.5 Å². The van der Waals surface area contributed by atoms with Crippen molar-refractivity contribution in [3.8, 4) is 17.6 Å². The normalized spacial score (nSPS) is 17.4. The summed E-state index contributed by atoms with van der Waals surface area (Å²) in [5.41, 5.74) is 7.90. The Labute approximate surface area is 215 Å². The highest BCUT2D eigenvalue weighted by atomic mass is 16.5. The SMILES string of the molecule is COc1ccc2c(c1)C(=O)N(CC(C#Cc1ccc(C(=N)N3CCNCC3C)cc1)C(=O)NC(N)=O)C2. The minimum Gasteiger partial charge on any atom is -0.497 e. The molecule has 1 fully saturated rings. The lowest BCUT2D eigenvalue weighted by atomic mass is 10.1. The lowest BCUT2D eigenvalue weighted by Gasteiger charge is -2.36. The molecule has 10 heteroatoms. The third-order valence-electron chi connectivity index (χ3n) is 6.50. The quantitative estimate of drug-likeness (QED) is 0.275. The van der Waals surface area contributed by atoms with E-state index in [1.807, 2.05) is 18.2 Å². The molecule has 5 N–H and O–H groups in total. The number of methoxy groups -OCH3 is 1. The summed E-state index contributed by atoms with van der Waals surface area (Å²) in [6.07, 6.45) is 0. The van der Waals surface area contributed by atoms with Crippen molar-refractivity contribution >= 4 is 23.7 Å². The number of carbonyl (C=O) groups excluding carboxylic acids is 3. The van der Waals surface area contributed by atoms with Gasteiger partial charge in [0.25, 0.3) is 5.91 Å². The number of ether oxygens (including phenoxy) is 1. The van der Waals surface area contributed by atoms with E-state index in [-0.39, 0.29) is 18.5 Å². The van der Waals surface area contributed by atoms with Gasteiger partial charge in [-0.15, -0.1) is 0 Å². The highest BCUT2D eigenvalue weighted by Gasteiger charge is 2.31. The van der Waals surface area contributed by atoms with E-state index in [9.17, 15) is 14.4 Å². The molecule has 37 heavy (non-hydrogen) atoms. The molecule has 2 atom stereocenters. The predicted molar refractivity (Wildman–Crippen MR) is 138 cm³/mol. The molecule has 1 saturated heterocycles. The highest BCUT2D eigenvalue weighted by molar-refractivity contribution is 6.00. The van der Waals surface area contributed by atoms with Gasteiger partial charge in [0.15, 0.2) is 0 Å². The van der Waals surface area contributed by atoms with Crippen molar-refractivity contribution in [2.75, 3.05) is 33.3 Å². The number of amidine groups is 1. The Bertz CT molecular complexity index is 1280. The van der Waals surface area contributed by atoms with Gasteiger partial charge in [-0.2, -0.15) is 0 Å². The predicted octanol–water partition coefficient (Wildman–Crippen LogP) is 1.13. The average molecular weight is 503 g/mol. The second-order valence-corrected chi connectivity index (χ2v) is 9.06. The van der Waals surface area contributed by atoms with Crippen molar-refractivity contribution in [1.29, 1.82) is 5.41 Å². The van der Waals surface area contributed by atoms with Crippen LogP contribution in [0.1, 0.15) is 34.0 Å². The third kappa shape index (κ3) is 5.90. The molecule has 0 aliphatic carbocycles. The van der Waals surface area contributed by atoms with E-state index >= 15 is 0 Å². The number of benzene rings is 2. The zero-order chi connectivity index (χ0) is 26.5. The molecule has 2 aliphatic rings. The maximum atomic E-state index is 12.9. The summed E-state index contributed by atoms with van der Waals surface area (Å²) < 4.78 is 5.21. The fraction of sp³-hybridized carbons (Fsp3) is 0.333. The Hall–Kier alpha value is -4.36. The number of nitrogens with two attached hydrogens (primary N) is 1. The number of piperazine rings is 1. The molecular formula is C27H30N6O4. The van der Waals surface area contributed by atoms with Crippen LogP contribution in [0.25, 0.3) is 0 Å². The lowest BCUT2D eigenvalue weighted by Crippen LogP contribution is -2.52. The minimum atomic E-state index is -0.984. The Morgan fingerprint density at radius 3 is 2.70 bits per heavy atom. The van der Waals surface area contributed by atoms with Gasteiger partial charge >= 0.3 is 6.03 Å². The van der Waals surface area contributed by atoms with E-state index in [0.29, 0.717) is 29.3 Å². The standard InChI is InChI=1S/C27H30N6O4/c1-17-14-30-11-12-33(17)24(28)19-6-3-18(4-7-19)5-8-21(25(34)31-27(29)36)16-32-15-20-9-10-22(37-2)13-23(20)26(32)35/h3-4,6-7,9-10,13,17,21,28,30H,11-12,14-16H2,1-2H3,(H3,29,31,34,36). The van der Waals surface area contributed by atoms with Crippen molar-refractivity contribution in [1.82, 2.24) is 20.4 Å². The van der Waals surface area contributed by atoms with Gasteiger partial charge in [-0.05, 0) is 36.8 Å². The van der Waals surface area contributed by atoms with Crippen molar-refractivity contribution in [2.45, 2.75) is 19.5 Å². The first-order valence-corrected chi connectivity index (χ1v) is 12.0. The number of primary amides is 1. The maximum absolute atomic E-state index is 12.9. The van der Waals surface area contributed by atoms with E-state index in [1.165, 1.54) is 12.0 Å². The lowest BCUT2D eigenvalue weighted by molar-refractivity contribution is -0.122. The molecule has 2 aliphatic heterocycles. The second-order valence-electron chi connectivity index (χ2n) is 9.06. The van der Waals surface area contributed by atoms with Crippen LogP contribution in [0, 0.1) is 23.2 Å². The van der Waals surface area contributed by atoms with E-state index in [0.717, 1.165) is 30.8 Å². The zero-order valence-corrected chi connectivity index (χ0v) is 20.8. The molecule has 2 unspecified atom stereocenters. The molecule has 2 aromatic carbocycles. The Morgan fingerprint density at radius 1 is 1.27 bits per heavy atom. The van der Waals surface area contributed by atoms with Gasteiger partial charge in [0.1, 0.15) is 17.5 Å². The van der Waals surface area contributed by atoms with Crippen molar-refractivity contribution in [3.05, 3.63) is 64.7 Å². The molecule has 10 nitrogen and oxygen atoms in total. The maximum Gasteiger partial charge on any atom is 0.318 e. The summed E-state index contributed by atoms with van der Waals surface area (Å²) in [6.45, 7) is 4.83. The smallest absolute Gasteiger partial charge is 0.318 e. The van der Waals surface area contributed by atoms with Crippen LogP contribution in [0.2, 0.25) is 0 Å². The van der Waals surface area contributed by atoms with Crippen molar-refractivity contribution < 1.29 is 19.1 Å². The molecule has 0 aromatic heterocycles. The number of imide groups is 1. The summed E-state index contributed by atoms with van der Waals surface area (Å²) in [5.74, 6) is 5.00. The topological polar surface area (TPSA) is 141 Å². The van der Waals surface area contributed by atoms with Gasteiger partial charge in [-0.25, -0.2) is 4.79 Å². The number of nitrogens with zero attached hydrogens (tertiary/aromatic N) is 2. The van der Waals surface area contributed by atoms with E-state index in [1.54, 1.807) is 24.3 Å². The van der Waals surface area contributed by atoms with E-state index < -0.39 is 17.9 Å². The van der Waals surface area contributed by atoms with E-state index in [2.05, 4.69) is 34.3 Å². The van der Waals surface area contributed by atoms with Crippen LogP contribution in [0.5, 0.6) is 5.75 Å². The molecule has 0 spiro atoms. The zero-order valence-electron chi connectivity index (χ0n) is 20.8. The van der Waals surface area contributed by atoms with Gasteiger partial charge in [0.05, 0.1) is 7.11 Å². The molecule has 0 bridgehead atoms. The second kappa shape index (κ2) is 11.1. The van der Waals surface area contributed by atoms with Crippen LogP contribution in [0.4, 0.5) is 4.79 Å². The summed E-state index contributed by atoms with van der Waals surface area (Å²) >= 11 is 0. The first kappa shape index (κ1) is 25.7. The number of nitrogens with one attached hydrogen (secondary N) is 3. The van der Waals surface area contributed by atoms with Gasteiger partial charge in [0.2, 0.25) is 5.91 Å². The number of rotatable bonds is 5. The molecule has 0 saturated carbocycles. The molecule has 2 aromatic rings. The Kier molecular flexibility index (Phi) is 7.74. The first-order valence-electron chi connectivity index (χ1n) is 12.0. The number of fused-ring (bicyclic) bond motifs is 1. The minimum absolute atomic E-state index is 0.00838. The van der Waals surface area contributed by atoms with Crippen LogP contribution >= 0.6 is 0 Å². The molecule has 4 amide bonds. The van der Waals surface area contributed by atoms with Crippen LogP contribution in [0.3, 0.4) is 0 Å². The van der Waals surface area contributed by atoms with Gasteiger partial charge in [-0.3, -0.25) is 20.3 Å². The molecule has 2 heterocycles. The number of carbonyl (C=O) groups is 3. The largest absolute Gasteiger partial charge is 0.497 e. The number of urea groups is 1. The summed E-state index contributed by atoms with van der Waals surface area (Å²) in [4.78, 5) is 40.5. The van der Waals surface area contributed by atoms with Gasteiger partial charge in [-0.1, -0.05) is 30.0 Å². The first-order chi connectivity index (χ1) is 17.8. The van der Waals surface area contributed by atoms with Crippen LogP contribution in [-0.2, 0) is 11.3 Å². The molecule has 192 valence electrons. The molecular weight excluding hydrogens is 472 g/mol. The van der Waals surface area contributed by atoms with Crippen molar-refractivity contribution in [3.63, 3.8) is 0 Å². The third-order valence-corrected chi connectivity index (χ3v) is 6.50.